The molecule has 0 aliphatic rings. The first kappa shape index (κ1) is 33.9. The van der Waals surface area contributed by atoms with E-state index in [1.807, 2.05) is 34.6 Å². The maximum atomic E-state index is 12.6. The average molecular weight is 552 g/mol. The molecule has 2 N–H and O–H groups in total. The molecule has 0 aliphatic heterocycles. The fraction of sp³-hybridized carbons (Fsp3) is 0.655. The van der Waals surface area contributed by atoms with E-state index < -0.39 is 35.9 Å². The Kier molecular flexibility index (Phi) is 14.0. The number of nitrogens with one attached hydrogen (secondary N) is 1. The van der Waals surface area contributed by atoms with Gasteiger partial charge in [0.1, 0.15) is 0 Å². The number of carbonyl (C=O) groups excluding carboxylic acids is 3. The van der Waals surface area contributed by atoms with E-state index in [4.69, 9.17) is 18.9 Å². The molecule has 0 saturated carbocycles. The van der Waals surface area contributed by atoms with Crippen molar-refractivity contribution in [3.63, 3.8) is 0 Å². The molecule has 10 heteroatoms. The molecule has 39 heavy (non-hydrogen) atoms. The molecule has 0 saturated heterocycles. The van der Waals surface area contributed by atoms with Gasteiger partial charge in [0.25, 0.3) is 5.72 Å². The van der Waals surface area contributed by atoms with E-state index in [2.05, 4.69) is 5.32 Å². The van der Waals surface area contributed by atoms with Crippen molar-refractivity contribution >= 4 is 24.1 Å². The van der Waals surface area contributed by atoms with Gasteiger partial charge in [-0.25, -0.2) is 9.59 Å². The lowest BCUT2D eigenvalue weighted by Crippen LogP contribution is -2.59. The molecule has 10 nitrogen and oxygen atoms in total. The number of hydrogen-bond donors (Lipinski definition) is 2. The van der Waals surface area contributed by atoms with E-state index in [0.717, 1.165) is 0 Å². The van der Waals surface area contributed by atoms with Crippen LogP contribution in [0.5, 0.6) is 11.5 Å². The van der Waals surface area contributed by atoms with Crippen LogP contribution in [0.15, 0.2) is 18.2 Å². The Morgan fingerprint density at radius 2 is 1.41 bits per heavy atom. The average Bonchev–Trinajstić information content (AvgIpc) is 2.82. The van der Waals surface area contributed by atoms with Gasteiger partial charge >= 0.3 is 24.1 Å². The first-order chi connectivity index (χ1) is 18.2. The summed E-state index contributed by atoms with van der Waals surface area (Å²) in [5.41, 5.74) is -1.81. The molecule has 0 radical (unpaired) electrons. The standard InChI is InChI=1S/C29H45NO9/c1-9-21(8)30-29(27(33)34,39-28(35)36-20(6)7)17-22-12-13-23(37-25(31)14-10-18(2)3)24(16-22)38-26(32)15-11-19(4)5/h12-13,16,18-21,30H,9-11,14-15,17H2,1-8H3,(H,33,34)/t21?,29-/m0/s1. The first-order valence-electron chi connectivity index (χ1n) is 13.6. The van der Waals surface area contributed by atoms with Crippen LogP contribution >= 0.6 is 0 Å². The van der Waals surface area contributed by atoms with Gasteiger partial charge in [0, 0.05) is 25.3 Å². The number of benzene rings is 1. The Bertz CT molecular complexity index is 974. The Labute approximate surface area is 231 Å². The largest absolute Gasteiger partial charge is 0.510 e. The SMILES string of the molecule is CCC(C)N[C@@](Cc1ccc(OC(=O)CCC(C)C)c(OC(=O)CCC(C)C)c1)(OC(=O)OC(C)C)C(=O)O. The highest BCUT2D eigenvalue weighted by Crippen LogP contribution is 2.32. The van der Waals surface area contributed by atoms with Gasteiger partial charge in [-0.2, -0.15) is 0 Å². The summed E-state index contributed by atoms with van der Waals surface area (Å²) in [5.74, 6) is -1.81. The molecule has 0 aromatic heterocycles. The number of aliphatic carboxylic acids is 1. The van der Waals surface area contributed by atoms with Gasteiger partial charge in [-0.3, -0.25) is 14.9 Å². The Hall–Kier alpha value is -3.14. The quantitative estimate of drug-likeness (QED) is 0.151. The normalized spacial score (nSPS) is 13.6. The van der Waals surface area contributed by atoms with E-state index in [1.54, 1.807) is 20.8 Å². The summed E-state index contributed by atoms with van der Waals surface area (Å²) in [6.45, 7) is 14.8. The molecule has 1 rings (SSSR count). The maximum absolute atomic E-state index is 12.6. The Morgan fingerprint density at radius 3 is 1.87 bits per heavy atom. The minimum absolute atomic E-state index is 0.0215. The first-order valence-corrected chi connectivity index (χ1v) is 13.6. The van der Waals surface area contributed by atoms with Crippen LogP contribution in [-0.4, -0.2) is 47.0 Å². The molecule has 1 aromatic rings. The van der Waals surface area contributed by atoms with Crippen LogP contribution in [0, 0.1) is 11.8 Å². The van der Waals surface area contributed by atoms with Crippen molar-refractivity contribution in [2.45, 2.75) is 112 Å². The van der Waals surface area contributed by atoms with E-state index in [1.165, 1.54) is 18.2 Å². The second-order valence-electron chi connectivity index (χ2n) is 10.9. The highest BCUT2D eigenvalue weighted by atomic mass is 16.7. The highest BCUT2D eigenvalue weighted by Gasteiger charge is 2.45. The fourth-order valence-electron chi connectivity index (χ4n) is 3.43. The molecule has 0 bridgehead atoms. The Morgan fingerprint density at radius 1 is 0.872 bits per heavy atom. The molecular formula is C29H45NO9. The number of carboxylic acids is 1. The van der Waals surface area contributed by atoms with Crippen LogP contribution in [0.25, 0.3) is 0 Å². The zero-order valence-electron chi connectivity index (χ0n) is 24.5. The number of carboxylic acid groups (broad SMARTS) is 1. The summed E-state index contributed by atoms with van der Waals surface area (Å²) in [6, 6.07) is 4.06. The monoisotopic (exact) mass is 551 g/mol. The summed E-state index contributed by atoms with van der Waals surface area (Å²) in [6.07, 6.45) is 0.156. The van der Waals surface area contributed by atoms with Gasteiger partial charge in [-0.1, -0.05) is 40.7 Å². The summed E-state index contributed by atoms with van der Waals surface area (Å²) in [7, 11) is 0. The molecule has 0 amide bonds. The van der Waals surface area contributed by atoms with Crippen LogP contribution in [0.3, 0.4) is 0 Å². The summed E-state index contributed by atoms with van der Waals surface area (Å²) >= 11 is 0. The van der Waals surface area contributed by atoms with E-state index >= 15 is 0 Å². The third kappa shape index (κ3) is 12.5. The fourth-order valence-corrected chi connectivity index (χ4v) is 3.43. The predicted molar refractivity (Wildman–Crippen MR) is 146 cm³/mol. The third-order valence-electron chi connectivity index (χ3n) is 5.79. The summed E-state index contributed by atoms with van der Waals surface area (Å²) in [5, 5.41) is 13.1. The molecule has 0 aliphatic carbocycles. The van der Waals surface area contributed by atoms with Gasteiger partial charge in [-0.05, 0) is 69.6 Å². The number of hydrogen-bond acceptors (Lipinski definition) is 9. The smallest absolute Gasteiger partial charge is 0.477 e. The van der Waals surface area contributed by atoms with Crippen LogP contribution in [0.1, 0.15) is 93.1 Å². The highest BCUT2D eigenvalue weighted by molar-refractivity contribution is 5.81. The van der Waals surface area contributed by atoms with Crippen molar-refractivity contribution in [2.75, 3.05) is 0 Å². The second kappa shape index (κ2) is 16.1. The molecule has 1 unspecified atom stereocenters. The lowest BCUT2D eigenvalue weighted by molar-refractivity contribution is -0.167. The molecule has 220 valence electrons. The molecule has 0 spiro atoms. The zero-order chi connectivity index (χ0) is 29.8. The van der Waals surface area contributed by atoms with Crippen LogP contribution in [-0.2, 0) is 30.3 Å². The van der Waals surface area contributed by atoms with Crippen molar-refractivity contribution in [1.82, 2.24) is 5.32 Å². The van der Waals surface area contributed by atoms with Crippen LogP contribution < -0.4 is 14.8 Å². The number of ether oxygens (including phenoxy) is 4. The number of rotatable bonds is 16. The summed E-state index contributed by atoms with van der Waals surface area (Å²) < 4.78 is 21.4. The van der Waals surface area contributed by atoms with Crippen LogP contribution in [0.4, 0.5) is 4.79 Å². The van der Waals surface area contributed by atoms with Crippen molar-refractivity contribution < 1.29 is 43.2 Å². The van der Waals surface area contributed by atoms with Crippen molar-refractivity contribution in [3.05, 3.63) is 23.8 Å². The molecule has 1 aromatic carbocycles. The third-order valence-corrected chi connectivity index (χ3v) is 5.79. The van der Waals surface area contributed by atoms with Gasteiger partial charge in [0.05, 0.1) is 6.10 Å². The van der Waals surface area contributed by atoms with E-state index in [-0.39, 0.29) is 42.7 Å². The number of carbonyl (C=O) groups is 4. The lowest BCUT2D eigenvalue weighted by atomic mass is 10.00. The van der Waals surface area contributed by atoms with Crippen molar-refractivity contribution in [1.29, 1.82) is 0 Å². The molecule has 0 fully saturated rings. The molecule has 0 heterocycles. The minimum atomic E-state index is -2.17. The summed E-state index contributed by atoms with van der Waals surface area (Å²) in [4.78, 5) is 49.8. The van der Waals surface area contributed by atoms with Gasteiger partial charge in [0.15, 0.2) is 11.5 Å². The van der Waals surface area contributed by atoms with E-state index in [9.17, 15) is 24.3 Å². The lowest BCUT2D eigenvalue weighted by Gasteiger charge is -2.32. The van der Waals surface area contributed by atoms with E-state index in [0.29, 0.717) is 30.7 Å². The zero-order valence-corrected chi connectivity index (χ0v) is 24.5. The van der Waals surface area contributed by atoms with Crippen molar-refractivity contribution in [2.24, 2.45) is 11.8 Å². The maximum Gasteiger partial charge on any atom is 0.510 e. The molecular weight excluding hydrogens is 506 g/mol. The predicted octanol–water partition coefficient (Wildman–Crippen LogP) is 5.64. The van der Waals surface area contributed by atoms with Gasteiger partial charge in [0.2, 0.25) is 0 Å². The van der Waals surface area contributed by atoms with Crippen molar-refractivity contribution in [3.8, 4) is 11.5 Å². The Balaban J connectivity index is 3.41. The van der Waals surface area contributed by atoms with Gasteiger partial charge in [-0.15, -0.1) is 0 Å². The second-order valence-corrected chi connectivity index (χ2v) is 10.9. The topological polar surface area (TPSA) is 137 Å². The minimum Gasteiger partial charge on any atom is -0.477 e. The molecule has 2 atom stereocenters. The van der Waals surface area contributed by atoms with Gasteiger partial charge < -0.3 is 24.1 Å². The number of esters is 2. The van der Waals surface area contributed by atoms with Crippen LogP contribution in [0.2, 0.25) is 0 Å².